The molecule has 0 unspecified atom stereocenters. The molecular weight excluding hydrogens is 266 g/mol. The van der Waals surface area contributed by atoms with Crippen LogP contribution in [0.4, 0.5) is 0 Å². The van der Waals surface area contributed by atoms with Crippen LogP contribution in [0.25, 0.3) is 0 Å². The van der Waals surface area contributed by atoms with Crippen LogP contribution in [0.15, 0.2) is 0 Å². The van der Waals surface area contributed by atoms with Gasteiger partial charge in [0.05, 0.1) is 14.1 Å². The molecule has 16 heavy (non-hydrogen) atoms. The Hall–Kier alpha value is 1.54. The van der Waals surface area contributed by atoms with E-state index in [4.69, 9.17) is 0 Å². The van der Waals surface area contributed by atoms with Crippen LogP contribution < -0.4 is 0 Å². The van der Waals surface area contributed by atoms with Crippen molar-refractivity contribution in [2.45, 2.75) is 75.8 Å². The molecule has 0 radical (unpaired) electrons. The monoisotopic (exact) mass is 294 g/mol. The van der Waals surface area contributed by atoms with Gasteiger partial charge in [-0.1, -0.05) is 64.2 Å². The summed E-state index contributed by atoms with van der Waals surface area (Å²) < 4.78 is 0. The predicted molar refractivity (Wildman–Crippen MR) is 74.9 cm³/mol. The van der Waals surface area contributed by atoms with E-state index in [2.05, 4.69) is 26.7 Å². The summed E-state index contributed by atoms with van der Waals surface area (Å²) in [4.78, 5) is 0. The van der Waals surface area contributed by atoms with Crippen LogP contribution in [0.2, 0.25) is 11.6 Å². The Morgan fingerprint density at radius 2 is 0.750 bits per heavy atom. The van der Waals surface area contributed by atoms with E-state index in [9.17, 15) is 0 Å². The van der Waals surface area contributed by atoms with Gasteiger partial charge in [-0.2, -0.15) is 0 Å². The zero-order valence-corrected chi connectivity index (χ0v) is 14.7. The van der Waals surface area contributed by atoms with Gasteiger partial charge in [-0.3, -0.25) is 0 Å². The van der Waals surface area contributed by atoms with E-state index in [0.29, 0.717) is 0 Å². The van der Waals surface area contributed by atoms with Crippen molar-refractivity contribution in [2.75, 3.05) is 0 Å². The van der Waals surface area contributed by atoms with E-state index in [-0.39, 0.29) is 14.1 Å². The van der Waals surface area contributed by atoms with Crippen LogP contribution in [0.5, 0.6) is 0 Å². The molecule has 2 aliphatic carbocycles. The van der Waals surface area contributed by atoms with Crippen molar-refractivity contribution in [1.82, 2.24) is 0 Å². The normalized spacial score (nSPS) is 16.9. The van der Waals surface area contributed by atoms with Gasteiger partial charge in [0, 0.05) is 0 Å². The van der Waals surface area contributed by atoms with Gasteiger partial charge in [0.1, 0.15) is 0 Å². The van der Waals surface area contributed by atoms with Crippen molar-refractivity contribution < 1.29 is 19.4 Å². The molecule has 0 nitrogen and oxygen atoms in total. The number of halogens is 1. The Bertz CT molecular complexity index is 74.1. The molecular formula is C13H28AlClTi. The van der Waals surface area contributed by atoms with Crippen LogP contribution in [0.3, 0.4) is 0 Å². The molecule has 0 bridgehead atoms. The molecule has 2 fully saturated rings. The van der Waals surface area contributed by atoms with E-state index in [1.54, 1.807) is 0 Å². The SMILES string of the molecule is C1CCCC1.C1CCCC1.[CH2-][Al]([CH3])[CH3].[Cl][Ti+]. The summed E-state index contributed by atoms with van der Waals surface area (Å²) in [5.74, 6) is 8.17. The van der Waals surface area contributed by atoms with Crippen molar-refractivity contribution in [3.8, 4) is 0 Å². The van der Waals surface area contributed by atoms with Gasteiger partial charge in [0.15, 0.2) is 0 Å². The fourth-order valence-electron chi connectivity index (χ4n) is 1.77. The fraction of sp³-hybridized carbons (Fsp3) is 0.923. The van der Waals surface area contributed by atoms with Crippen molar-refractivity contribution in [3.05, 3.63) is 5.79 Å². The molecule has 0 heterocycles. The molecule has 0 aromatic carbocycles. The molecule has 0 atom stereocenters. The van der Waals surface area contributed by atoms with Gasteiger partial charge in [-0.15, -0.1) is 11.6 Å². The van der Waals surface area contributed by atoms with Crippen molar-refractivity contribution in [3.63, 3.8) is 0 Å². The molecule has 0 spiro atoms. The van der Waals surface area contributed by atoms with E-state index in [0.717, 1.165) is 0 Å². The first-order valence-corrected chi connectivity index (χ1v) is 12.0. The second-order valence-electron chi connectivity index (χ2n) is 4.93. The molecule has 0 amide bonds. The molecule has 2 saturated carbocycles. The van der Waals surface area contributed by atoms with Gasteiger partial charge < -0.3 is 5.79 Å². The third kappa shape index (κ3) is 24.7. The van der Waals surface area contributed by atoms with Gasteiger partial charge in [-0.05, 0) is 0 Å². The first-order valence-electron chi connectivity index (χ1n) is 6.75. The van der Waals surface area contributed by atoms with Crippen molar-refractivity contribution in [2.24, 2.45) is 0 Å². The van der Waals surface area contributed by atoms with Crippen LogP contribution in [-0.4, -0.2) is 14.1 Å². The summed E-state index contributed by atoms with van der Waals surface area (Å²) in [5, 5.41) is 0. The Morgan fingerprint density at radius 1 is 0.688 bits per heavy atom. The van der Waals surface area contributed by atoms with E-state index >= 15 is 0 Å². The zero-order valence-electron chi connectivity index (χ0n) is 11.2. The summed E-state index contributed by atoms with van der Waals surface area (Å²) >= 11 is 1.08. The van der Waals surface area contributed by atoms with E-state index in [1.165, 1.54) is 83.6 Å². The molecule has 0 N–H and O–H groups in total. The van der Waals surface area contributed by atoms with Gasteiger partial charge in [0.2, 0.25) is 0 Å². The number of hydrogen-bond donors (Lipinski definition) is 0. The van der Waals surface area contributed by atoms with E-state index < -0.39 is 0 Å². The second kappa shape index (κ2) is 18.9. The average molecular weight is 295 g/mol. The molecule has 94 valence electrons. The van der Waals surface area contributed by atoms with Crippen LogP contribution in [0, 0.1) is 5.79 Å². The number of hydrogen-bond acceptors (Lipinski definition) is 0. The van der Waals surface area contributed by atoms with Gasteiger partial charge in [-0.25, -0.2) is 0 Å². The Morgan fingerprint density at radius 3 is 0.812 bits per heavy atom. The molecule has 2 aliphatic rings. The maximum absolute atomic E-state index is 4.64. The van der Waals surface area contributed by atoms with Gasteiger partial charge >= 0.3 is 28.7 Å². The molecule has 0 aliphatic heterocycles. The summed E-state index contributed by atoms with van der Waals surface area (Å²) in [6.07, 6.45) is 15.0. The third-order valence-electron chi connectivity index (χ3n) is 2.50. The minimum absolute atomic E-state index is 0.389. The first-order chi connectivity index (χ1) is 7.73. The van der Waals surface area contributed by atoms with Crippen LogP contribution >= 0.6 is 9.30 Å². The van der Waals surface area contributed by atoms with Gasteiger partial charge in [0.25, 0.3) is 0 Å². The Kier molecular flexibility index (Phi) is 23.5. The molecule has 2 rings (SSSR count). The minimum atomic E-state index is -0.389. The Balaban J connectivity index is 0. The third-order valence-corrected chi connectivity index (χ3v) is 2.50. The Labute approximate surface area is 124 Å². The zero-order chi connectivity index (χ0) is 12.6. The fourth-order valence-corrected chi connectivity index (χ4v) is 1.77. The second-order valence-corrected chi connectivity index (χ2v) is 7.72. The quantitative estimate of drug-likeness (QED) is 0.397. The van der Waals surface area contributed by atoms with Crippen molar-refractivity contribution in [1.29, 1.82) is 0 Å². The van der Waals surface area contributed by atoms with E-state index in [1.807, 2.05) is 0 Å². The van der Waals surface area contributed by atoms with Crippen LogP contribution in [-0.2, 0) is 19.4 Å². The first kappa shape index (κ1) is 19.9. The summed E-state index contributed by atoms with van der Waals surface area (Å²) in [5.41, 5.74) is 0. The number of rotatable bonds is 0. The summed E-state index contributed by atoms with van der Waals surface area (Å²) in [7, 11) is 4.64. The summed E-state index contributed by atoms with van der Waals surface area (Å²) in [6, 6.07) is 0. The molecule has 0 aromatic rings. The summed E-state index contributed by atoms with van der Waals surface area (Å²) in [6.45, 7) is 0. The maximum atomic E-state index is 4.64. The molecule has 3 heteroatoms. The molecule has 0 aromatic heterocycles. The average Bonchev–Trinajstić information content (AvgIpc) is 2.99. The predicted octanol–water partition coefficient (Wildman–Crippen LogP) is 5.70. The van der Waals surface area contributed by atoms with Crippen LogP contribution in [0.1, 0.15) is 64.2 Å². The standard InChI is InChI=1S/2C5H10.2CH3.CH2.Al.ClH.Ti/c2*1-2-4-5-3-1;;;;;;/h2*1-5H2;2*1H3;1H2;;1H;/q;;;;-1;;;+2/p-1. The molecule has 0 saturated heterocycles. The van der Waals surface area contributed by atoms with Crippen molar-refractivity contribution >= 4 is 23.5 Å². The topological polar surface area (TPSA) is 0 Å².